The predicted molar refractivity (Wildman–Crippen MR) is 280 cm³/mol. The van der Waals surface area contributed by atoms with Crippen molar-refractivity contribution in [1.29, 1.82) is 0 Å². The summed E-state index contributed by atoms with van der Waals surface area (Å²) in [6, 6.07) is -6.40. The molecular weight excluding hydrogens is 1000 g/mol. The second kappa shape index (κ2) is 31.5. The van der Waals surface area contributed by atoms with Gasteiger partial charge in [-0.3, -0.25) is 38.9 Å². The van der Waals surface area contributed by atoms with Gasteiger partial charge in [-0.1, -0.05) is 77.8 Å². The van der Waals surface area contributed by atoms with Crippen LogP contribution in [0.15, 0.2) is 24.3 Å². The number of carbonyl (C=O) groups excluding carboxylic acids is 7. The SMILES string of the molecule is CC[C@@H](C)C[C@@H](C)CCCCCCCCC(=O)N[C@H]1C[C@@H](O)[C@H](NCCN)NC(=O)[C@@H]2[C@@H](O)CCN2C(=O)[C@H]([C@H](O)CCN)NC(=O)[C@H]([C@H](O)[C@@H](O)c2ccc(O)cc2)NC(=O)[C@@H]2C[C@@H](O)CN2C(=O)[C@H]([C@@H](C)O)NC1=O. The van der Waals surface area contributed by atoms with E-state index in [1.165, 1.54) is 30.7 Å². The van der Waals surface area contributed by atoms with Gasteiger partial charge in [0, 0.05) is 45.4 Å². The van der Waals surface area contributed by atoms with Crippen molar-refractivity contribution in [3.05, 3.63) is 29.8 Å². The summed E-state index contributed by atoms with van der Waals surface area (Å²) in [7, 11) is 0. The van der Waals surface area contributed by atoms with E-state index in [0.29, 0.717) is 24.7 Å². The Morgan fingerprint density at radius 1 is 0.714 bits per heavy atom. The fraction of sp³-hybridized carbons (Fsp3) is 0.750. The van der Waals surface area contributed by atoms with Crippen molar-refractivity contribution in [2.45, 2.75) is 203 Å². The molecule has 0 aromatic heterocycles. The third-order valence-corrected chi connectivity index (χ3v) is 14.9. The second-order valence-electron chi connectivity index (χ2n) is 21.3. The van der Waals surface area contributed by atoms with Gasteiger partial charge in [0.25, 0.3) is 0 Å². The summed E-state index contributed by atoms with van der Waals surface area (Å²) in [4.78, 5) is 102. The van der Waals surface area contributed by atoms with Crippen molar-refractivity contribution in [1.82, 2.24) is 41.7 Å². The first-order valence-corrected chi connectivity index (χ1v) is 27.3. The zero-order chi connectivity index (χ0) is 57.1. The van der Waals surface area contributed by atoms with Crippen molar-refractivity contribution in [2.24, 2.45) is 23.3 Å². The molecule has 436 valence electrons. The Bertz CT molecular complexity index is 2070. The van der Waals surface area contributed by atoms with E-state index in [0.717, 1.165) is 55.2 Å². The van der Waals surface area contributed by atoms with Gasteiger partial charge in [0.1, 0.15) is 60.4 Å². The standard InChI is InChI=1S/C52H88N10O15/c1-5-28(2)24-29(3)12-10-8-6-7-9-11-13-39(69)56-34-26-38(68)46(55-22-21-54)60-50(75)43-37(67)19-23-61(43)52(77)41(36(66)18-20-53)58-49(74)42(45(71)44(70)31-14-16-32(64)17-15-31)59-48(73)35-25-33(65)27-62(35)51(76)40(30(4)63)57-47(34)72/h14-17,28-30,33-38,40-46,55,63-68,70-71H,5-13,18-27,53-54H2,1-4H3,(H,56,69)(H,57,72)(H,58,74)(H,59,73)(H,60,75)/t28-,29+,30-,33-,34+,35+,36-,37+,38-,40+,41+,42+,43+,44+,45+,46-/m1/s1. The molecule has 3 saturated heterocycles. The number of hydrogen-bond acceptors (Lipinski definition) is 18. The van der Waals surface area contributed by atoms with Crippen LogP contribution >= 0.6 is 0 Å². The first-order chi connectivity index (χ1) is 36.5. The lowest BCUT2D eigenvalue weighted by Gasteiger charge is -2.35. The van der Waals surface area contributed by atoms with Crippen molar-refractivity contribution in [2.75, 3.05) is 32.7 Å². The number of nitrogens with one attached hydrogen (secondary N) is 6. The number of phenols is 1. The van der Waals surface area contributed by atoms with Crippen molar-refractivity contribution < 1.29 is 74.4 Å². The Kier molecular flexibility index (Phi) is 26.4. The van der Waals surface area contributed by atoms with E-state index in [-0.39, 0.29) is 56.8 Å². The number of carbonyl (C=O) groups is 7. The van der Waals surface area contributed by atoms with E-state index >= 15 is 0 Å². The molecule has 1 aromatic carbocycles. The minimum absolute atomic E-state index is 0.0257. The van der Waals surface area contributed by atoms with Crippen LogP contribution in [0.5, 0.6) is 5.75 Å². The van der Waals surface area contributed by atoms with Crippen LogP contribution in [-0.2, 0) is 33.6 Å². The highest BCUT2D eigenvalue weighted by molar-refractivity contribution is 5.98. The number of aromatic hydroxyl groups is 1. The number of benzene rings is 1. The molecule has 0 aliphatic carbocycles. The Labute approximate surface area is 450 Å². The summed E-state index contributed by atoms with van der Waals surface area (Å²) in [6.45, 7) is 6.73. The average Bonchev–Trinajstić information content (AvgIpc) is 3.99. The summed E-state index contributed by atoms with van der Waals surface area (Å²) in [5.74, 6) is -6.43. The number of unbranched alkanes of at least 4 members (excludes halogenated alkanes) is 5. The monoisotopic (exact) mass is 1090 g/mol. The van der Waals surface area contributed by atoms with Crippen molar-refractivity contribution in [3.8, 4) is 5.75 Å². The van der Waals surface area contributed by atoms with Gasteiger partial charge in [-0.2, -0.15) is 0 Å². The third kappa shape index (κ3) is 18.8. The maximum absolute atomic E-state index is 14.6. The molecule has 18 N–H and O–H groups in total. The molecule has 25 heteroatoms. The number of fused-ring (bicyclic) bond motifs is 2. The number of rotatable bonds is 23. The van der Waals surface area contributed by atoms with Crippen LogP contribution in [0, 0.1) is 11.8 Å². The molecule has 7 amide bonds. The molecule has 16 atom stereocenters. The number of amides is 7. The number of hydrogen-bond donors (Lipinski definition) is 16. The molecule has 0 saturated carbocycles. The second-order valence-corrected chi connectivity index (χ2v) is 21.3. The molecule has 0 spiro atoms. The Hall–Kier alpha value is -5.09. The molecule has 0 radical (unpaired) electrons. The fourth-order valence-corrected chi connectivity index (χ4v) is 10.2. The molecule has 1 aromatic rings. The van der Waals surface area contributed by atoms with Gasteiger partial charge in [0.15, 0.2) is 0 Å². The average molecular weight is 1090 g/mol. The molecule has 3 fully saturated rings. The smallest absolute Gasteiger partial charge is 0.248 e. The van der Waals surface area contributed by atoms with Gasteiger partial charge in [-0.25, -0.2) is 0 Å². The maximum Gasteiger partial charge on any atom is 0.248 e. The number of nitrogens with two attached hydrogens (primary N) is 2. The summed E-state index contributed by atoms with van der Waals surface area (Å²) >= 11 is 0. The van der Waals surface area contributed by atoms with Gasteiger partial charge in [0.2, 0.25) is 41.4 Å². The summed E-state index contributed by atoms with van der Waals surface area (Å²) < 4.78 is 0. The molecule has 0 bridgehead atoms. The molecule has 77 heavy (non-hydrogen) atoms. The molecule has 4 rings (SSSR count). The van der Waals surface area contributed by atoms with Gasteiger partial charge in [0.05, 0.1) is 30.5 Å². The molecular formula is C52H88N10O15. The molecule has 25 nitrogen and oxygen atoms in total. The normalized spacial score (nSPS) is 28.6. The lowest BCUT2D eigenvalue weighted by Crippen LogP contribution is -2.65. The van der Waals surface area contributed by atoms with Crippen LogP contribution in [0.4, 0.5) is 0 Å². The van der Waals surface area contributed by atoms with E-state index in [4.69, 9.17) is 11.5 Å². The lowest BCUT2D eigenvalue weighted by molar-refractivity contribution is -0.148. The minimum atomic E-state index is -2.28. The van der Waals surface area contributed by atoms with Crippen LogP contribution in [0.25, 0.3) is 0 Å². The van der Waals surface area contributed by atoms with Crippen molar-refractivity contribution >= 4 is 41.4 Å². The first-order valence-electron chi connectivity index (χ1n) is 27.3. The molecule has 3 aliphatic rings. The zero-order valence-corrected chi connectivity index (χ0v) is 45.0. The van der Waals surface area contributed by atoms with Crippen molar-refractivity contribution in [3.63, 3.8) is 0 Å². The van der Waals surface area contributed by atoms with E-state index < -0.39 is 146 Å². The zero-order valence-electron chi connectivity index (χ0n) is 45.0. The van der Waals surface area contributed by atoms with E-state index in [2.05, 4.69) is 52.7 Å². The van der Waals surface area contributed by atoms with E-state index in [1.807, 2.05) is 0 Å². The first kappa shape index (κ1) is 64.4. The highest BCUT2D eigenvalue weighted by atomic mass is 16.3. The van der Waals surface area contributed by atoms with Gasteiger partial charge < -0.3 is 88.7 Å². The van der Waals surface area contributed by atoms with Gasteiger partial charge in [-0.05, 0) is 68.7 Å². The van der Waals surface area contributed by atoms with Crippen LogP contribution < -0.4 is 43.4 Å². The van der Waals surface area contributed by atoms with Crippen LogP contribution in [0.1, 0.15) is 129 Å². The fourth-order valence-electron chi connectivity index (χ4n) is 10.2. The Morgan fingerprint density at radius 3 is 1.97 bits per heavy atom. The van der Waals surface area contributed by atoms with Crippen LogP contribution in [0.3, 0.4) is 0 Å². The summed E-state index contributed by atoms with van der Waals surface area (Å²) in [5, 5.41) is 104. The summed E-state index contributed by atoms with van der Waals surface area (Å²) in [5.41, 5.74) is 11.5. The minimum Gasteiger partial charge on any atom is -0.508 e. The third-order valence-electron chi connectivity index (χ3n) is 14.9. The number of aliphatic hydroxyl groups is 7. The lowest BCUT2D eigenvalue weighted by atomic mass is 9.91. The van der Waals surface area contributed by atoms with E-state index in [1.54, 1.807) is 0 Å². The highest BCUT2D eigenvalue weighted by Gasteiger charge is 2.49. The number of phenolic OH excluding ortho intramolecular Hbond substituents is 1. The molecule has 3 heterocycles. The Morgan fingerprint density at radius 2 is 1.34 bits per heavy atom. The highest BCUT2D eigenvalue weighted by Crippen LogP contribution is 2.27. The van der Waals surface area contributed by atoms with Crippen LogP contribution in [0.2, 0.25) is 0 Å². The molecule has 0 unspecified atom stereocenters. The molecule has 3 aliphatic heterocycles. The summed E-state index contributed by atoms with van der Waals surface area (Å²) in [6.07, 6.45) is -6.95. The maximum atomic E-state index is 14.6. The predicted octanol–water partition coefficient (Wildman–Crippen LogP) is -3.31. The van der Waals surface area contributed by atoms with E-state index in [9.17, 15) is 74.4 Å². The number of nitrogens with zero attached hydrogens (tertiary/aromatic N) is 2. The Balaban J connectivity index is 1.73. The van der Waals surface area contributed by atoms with Crippen LogP contribution in [-0.4, -0.2) is 204 Å². The van der Waals surface area contributed by atoms with Gasteiger partial charge >= 0.3 is 0 Å². The number of aliphatic hydroxyl groups excluding tert-OH is 7. The largest absolute Gasteiger partial charge is 0.508 e. The van der Waals surface area contributed by atoms with Gasteiger partial charge in [-0.15, -0.1) is 0 Å². The topological polar surface area (TPSA) is 412 Å². The quantitative estimate of drug-likeness (QED) is 0.0477.